The molecule has 13 aromatic rings. The summed E-state index contributed by atoms with van der Waals surface area (Å²) in [6.07, 6.45) is 0. The van der Waals surface area contributed by atoms with Crippen molar-refractivity contribution in [3.05, 3.63) is 307 Å². The Kier molecular flexibility index (Phi) is 10.1. The number of hydrogen-bond acceptors (Lipinski definition) is 2. The summed E-state index contributed by atoms with van der Waals surface area (Å²) in [5, 5.41) is 4.77. The second kappa shape index (κ2) is 17.4. The SMILES string of the molecule is c1ccc(-c2ccc(N(c3ccc(-c4ccc5c(c4)C(c4ccccc4)(c4ccc(-c6ccc7ccccc7c6)cc4)c4ccccc4-5)cc3)c3ccc(-c4ccc5c(c4)oc4ccccc45)cc3)cc2)cc1. The number of hydrogen-bond donors (Lipinski definition) is 0. The molecule has 1 aromatic heterocycles. The molecule has 0 aliphatic heterocycles. The van der Waals surface area contributed by atoms with Crippen LogP contribution in [-0.2, 0) is 5.41 Å². The Labute approximate surface area is 425 Å². The van der Waals surface area contributed by atoms with E-state index in [1.54, 1.807) is 0 Å². The lowest BCUT2D eigenvalue weighted by Crippen LogP contribution is -2.28. The van der Waals surface area contributed by atoms with Crippen LogP contribution in [0, 0.1) is 0 Å². The van der Waals surface area contributed by atoms with E-state index in [9.17, 15) is 0 Å². The van der Waals surface area contributed by atoms with Gasteiger partial charge in [0.1, 0.15) is 11.2 Å². The molecular weight excluding hydrogens is 883 g/mol. The zero-order valence-electron chi connectivity index (χ0n) is 40.0. The summed E-state index contributed by atoms with van der Waals surface area (Å²) in [4.78, 5) is 2.35. The van der Waals surface area contributed by atoms with Crippen molar-refractivity contribution in [1.29, 1.82) is 0 Å². The monoisotopic (exact) mass is 929 g/mol. The Balaban J connectivity index is 0.847. The van der Waals surface area contributed by atoms with Gasteiger partial charge in [-0.1, -0.05) is 218 Å². The Morgan fingerprint density at radius 2 is 0.712 bits per heavy atom. The predicted octanol–water partition coefficient (Wildman–Crippen LogP) is 19.2. The molecule has 0 saturated carbocycles. The number of nitrogens with zero attached hydrogens (tertiary/aromatic N) is 1. The molecule has 1 heterocycles. The lowest BCUT2D eigenvalue weighted by Gasteiger charge is -2.34. The van der Waals surface area contributed by atoms with Crippen LogP contribution in [0.3, 0.4) is 0 Å². The van der Waals surface area contributed by atoms with Gasteiger partial charge < -0.3 is 9.32 Å². The molecule has 12 aromatic carbocycles. The minimum absolute atomic E-state index is 0.530. The second-order valence-corrected chi connectivity index (χ2v) is 19.2. The van der Waals surface area contributed by atoms with E-state index in [1.165, 1.54) is 72.0 Å². The highest BCUT2D eigenvalue weighted by Gasteiger charge is 2.46. The largest absolute Gasteiger partial charge is 0.456 e. The van der Waals surface area contributed by atoms with Crippen molar-refractivity contribution in [2.45, 2.75) is 5.41 Å². The van der Waals surface area contributed by atoms with Crippen LogP contribution in [-0.4, -0.2) is 0 Å². The lowest BCUT2D eigenvalue weighted by atomic mass is 9.67. The van der Waals surface area contributed by atoms with E-state index >= 15 is 0 Å². The van der Waals surface area contributed by atoms with E-state index in [4.69, 9.17) is 4.42 Å². The number of para-hydroxylation sites is 1. The number of fused-ring (bicyclic) bond motifs is 7. The predicted molar refractivity (Wildman–Crippen MR) is 305 cm³/mol. The Hall–Kier alpha value is -9.50. The topological polar surface area (TPSA) is 16.4 Å². The van der Waals surface area contributed by atoms with Crippen molar-refractivity contribution in [2.24, 2.45) is 0 Å². The highest BCUT2D eigenvalue weighted by atomic mass is 16.3. The molecule has 0 saturated heterocycles. The molecule has 0 fully saturated rings. The lowest BCUT2D eigenvalue weighted by molar-refractivity contribution is 0.669. The molecular formula is C71H47NO. The maximum atomic E-state index is 6.28. The van der Waals surface area contributed by atoms with Gasteiger partial charge in [-0.25, -0.2) is 0 Å². The van der Waals surface area contributed by atoms with Gasteiger partial charge in [0.05, 0.1) is 5.41 Å². The van der Waals surface area contributed by atoms with E-state index in [-0.39, 0.29) is 0 Å². The fraction of sp³-hybridized carbons (Fsp3) is 0.0141. The molecule has 0 bridgehead atoms. The van der Waals surface area contributed by atoms with Gasteiger partial charge in [0.25, 0.3) is 0 Å². The highest BCUT2D eigenvalue weighted by molar-refractivity contribution is 6.06. The Bertz CT molecular complexity index is 4160. The standard InChI is InChI=1S/C71H47NO/c1-3-13-48(14-4-1)50-27-37-60(38-28-50)72(62-41-31-53(32-42-62)57-34-44-66-65-20-10-12-22-69(65)73-70(66)47-57)61-39-29-52(30-40-61)56-33-43-64-63-19-9-11-21-67(63)71(68(64)46-56,58-17-5-2-6-18-58)59-35-25-51(26-36-59)55-24-23-49-15-7-8-16-54(49)45-55/h1-47H. The minimum atomic E-state index is -0.530. The molecule has 0 N–H and O–H groups in total. The molecule has 73 heavy (non-hydrogen) atoms. The number of benzene rings is 12. The molecule has 342 valence electrons. The average Bonchev–Trinajstić information content (AvgIpc) is 3.99. The van der Waals surface area contributed by atoms with Crippen molar-refractivity contribution < 1.29 is 4.42 Å². The minimum Gasteiger partial charge on any atom is -0.456 e. The third kappa shape index (κ3) is 7.18. The normalized spacial score (nSPS) is 13.8. The van der Waals surface area contributed by atoms with Gasteiger partial charge in [-0.05, 0) is 155 Å². The van der Waals surface area contributed by atoms with Crippen molar-refractivity contribution in [2.75, 3.05) is 4.90 Å². The average molecular weight is 930 g/mol. The van der Waals surface area contributed by atoms with E-state index in [0.717, 1.165) is 55.7 Å². The fourth-order valence-electron chi connectivity index (χ4n) is 11.6. The van der Waals surface area contributed by atoms with Crippen LogP contribution < -0.4 is 4.90 Å². The first-order valence-electron chi connectivity index (χ1n) is 25.1. The zero-order chi connectivity index (χ0) is 48.3. The zero-order valence-corrected chi connectivity index (χ0v) is 40.0. The summed E-state index contributed by atoms with van der Waals surface area (Å²) in [6.45, 7) is 0. The van der Waals surface area contributed by atoms with Crippen molar-refractivity contribution in [3.63, 3.8) is 0 Å². The molecule has 1 aliphatic carbocycles. The summed E-state index contributed by atoms with van der Waals surface area (Å²) >= 11 is 0. The van der Waals surface area contributed by atoms with Crippen LogP contribution in [0.25, 0.3) is 88.3 Å². The van der Waals surface area contributed by atoms with E-state index in [2.05, 4.69) is 278 Å². The van der Waals surface area contributed by atoms with Crippen LogP contribution in [0.15, 0.2) is 290 Å². The summed E-state index contributed by atoms with van der Waals surface area (Å²) < 4.78 is 6.28. The maximum absolute atomic E-state index is 6.28. The van der Waals surface area contributed by atoms with Crippen molar-refractivity contribution in [1.82, 2.24) is 0 Å². The quantitative estimate of drug-likeness (QED) is 0.143. The molecule has 1 atom stereocenters. The fourth-order valence-corrected chi connectivity index (χ4v) is 11.6. The summed E-state index contributed by atoms with van der Waals surface area (Å²) in [5.74, 6) is 0. The second-order valence-electron chi connectivity index (χ2n) is 19.2. The molecule has 0 amide bonds. The molecule has 2 nitrogen and oxygen atoms in total. The summed E-state index contributed by atoms with van der Waals surface area (Å²) in [7, 11) is 0. The van der Waals surface area contributed by atoms with Crippen LogP contribution >= 0.6 is 0 Å². The first kappa shape index (κ1) is 42.4. The Morgan fingerprint density at radius 3 is 1.41 bits per heavy atom. The third-order valence-corrected chi connectivity index (χ3v) is 15.2. The van der Waals surface area contributed by atoms with Gasteiger partial charge in [0.15, 0.2) is 0 Å². The molecule has 0 spiro atoms. The van der Waals surface area contributed by atoms with Gasteiger partial charge >= 0.3 is 0 Å². The number of anilines is 3. The number of rotatable bonds is 9. The van der Waals surface area contributed by atoms with Crippen molar-refractivity contribution in [3.8, 4) is 55.6 Å². The Morgan fingerprint density at radius 1 is 0.260 bits per heavy atom. The van der Waals surface area contributed by atoms with Gasteiger partial charge in [0, 0.05) is 27.8 Å². The van der Waals surface area contributed by atoms with Crippen LogP contribution in [0.1, 0.15) is 22.3 Å². The first-order chi connectivity index (χ1) is 36.2. The van der Waals surface area contributed by atoms with E-state index in [0.29, 0.717) is 0 Å². The summed E-state index contributed by atoms with van der Waals surface area (Å²) in [5.41, 5.74) is 21.5. The number of furan rings is 1. The van der Waals surface area contributed by atoms with E-state index < -0.39 is 5.41 Å². The van der Waals surface area contributed by atoms with E-state index in [1.807, 2.05) is 12.1 Å². The third-order valence-electron chi connectivity index (χ3n) is 15.2. The molecule has 2 heteroatoms. The van der Waals surface area contributed by atoms with Gasteiger partial charge in [-0.15, -0.1) is 0 Å². The molecule has 1 aliphatic rings. The summed E-state index contributed by atoms with van der Waals surface area (Å²) in [6, 6.07) is 104. The highest BCUT2D eigenvalue weighted by Crippen LogP contribution is 2.57. The van der Waals surface area contributed by atoms with Gasteiger partial charge in [-0.3, -0.25) is 0 Å². The molecule has 1 unspecified atom stereocenters. The van der Waals surface area contributed by atoms with Crippen LogP contribution in [0.4, 0.5) is 17.1 Å². The van der Waals surface area contributed by atoms with Gasteiger partial charge in [0.2, 0.25) is 0 Å². The smallest absolute Gasteiger partial charge is 0.136 e. The van der Waals surface area contributed by atoms with Crippen LogP contribution in [0.5, 0.6) is 0 Å². The maximum Gasteiger partial charge on any atom is 0.136 e. The van der Waals surface area contributed by atoms with Crippen molar-refractivity contribution >= 4 is 49.8 Å². The molecule has 0 radical (unpaired) electrons. The first-order valence-corrected chi connectivity index (χ1v) is 25.1. The van der Waals surface area contributed by atoms with Gasteiger partial charge in [-0.2, -0.15) is 0 Å². The van der Waals surface area contributed by atoms with Crippen LogP contribution in [0.2, 0.25) is 0 Å². The molecule has 14 rings (SSSR count).